The molecule has 0 heterocycles. The number of rotatable bonds is 7. The summed E-state index contributed by atoms with van der Waals surface area (Å²) in [4.78, 5) is 0. The Bertz CT molecular complexity index is 295. The van der Waals surface area contributed by atoms with Crippen LogP contribution >= 0.6 is 34.8 Å². The zero-order chi connectivity index (χ0) is 11.8. The molecule has 16 heavy (non-hydrogen) atoms. The minimum absolute atomic E-state index is 0.563. The van der Waals surface area contributed by atoms with Crippen LogP contribution in [0.3, 0.4) is 0 Å². The molecule has 0 fully saturated rings. The Hall–Kier alpha value is -0.110. The monoisotopic (exact) mass is 280 g/mol. The summed E-state index contributed by atoms with van der Waals surface area (Å²) in [6, 6.07) is 5.35. The fourth-order valence-electron chi connectivity index (χ4n) is 1.34. The number of para-hydroxylation sites is 1. The van der Waals surface area contributed by atoms with E-state index in [0.29, 0.717) is 22.4 Å². The molecule has 1 nitrogen and oxygen atoms in total. The summed E-state index contributed by atoms with van der Waals surface area (Å²) in [5.74, 6) is 1.32. The van der Waals surface area contributed by atoms with Gasteiger partial charge in [0.05, 0.1) is 16.7 Å². The molecule has 0 aliphatic heterocycles. The minimum Gasteiger partial charge on any atom is -0.490 e. The first-order chi connectivity index (χ1) is 7.75. The van der Waals surface area contributed by atoms with E-state index in [4.69, 9.17) is 39.5 Å². The average molecular weight is 282 g/mol. The van der Waals surface area contributed by atoms with Gasteiger partial charge in [-0.05, 0) is 25.0 Å². The number of alkyl halides is 1. The van der Waals surface area contributed by atoms with Crippen LogP contribution in [0, 0.1) is 0 Å². The number of halogens is 3. The Balaban J connectivity index is 2.26. The lowest BCUT2D eigenvalue weighted by Crippen LogP contribution is -1.98. The largest absolute Gasteiger partial charge is 0.490 e. The molecule has 0 unspecified atom stereocenters. The molecule has 0 N–H and O–H groups in total. The van der Waals surface area contributed by atoms with E-state index >= 15 is 0 Å². The van der Waals surface area contributed by atoms with Gasteiger partial charge in [0.25, 0.3) is 0 Å². The van der Waals surface area contributed by atoms with Crippen molar-refractivity contribution >= 4 is 34.8 Å². The van der Waals surface area contributed by atoms with E-state index in [9.17, 15) is 0 Å². The van der Waals surface area contributed by atoms with Gasteiger partial charge in [-0.1, -0.05) is 42.1 Å². The molecule has 1 aromatic rings. The van der Waals surface area contributed by atoms with E-state index in [1.54, 1.807) is 18.2 Å². The zero-order valence-corrected chi connectivity index (χ0v) is 11.3. The molecule has 0 atom stereocenters. The van der Waals surface area contributed by atoms with E-state index in [0.717, 1.165) is 31.6 Å². The van der Waals surface area contributed by atoms with Crippen LogP contribution in [0.2, 0.25) is 10.0 Å². The van der Waals surface area contributed by atoms with Crippen LogP contribution in [0.1, 0.15) is 25.7 Å². The first-order valence-corrected chi connectivity index (χ1v) is 6.67. The third-order valence-corrected chi connectivity index (χ3v) is 3.06. The first-order valence-electron chi connectivity index (χ1n) is 5.38. The lowest BCUT2D eigenvalue weighted by molar-refractivity contribution is 0.305. The molecular weight excluding hydrogens is 266 g/mol. The number of unbranched alkanes of at least 4 members (excludes halogenated alkanes) is 3. The van der Waals surface area contributed by atoms with Gasteiger partial charge in [0.2, 0.25) is 0 Å². The maximum Gasteiger partial charge on any atom is 0.156 e. The lowest BCUT2D eigenvalue weighted by Gasteiger charge is -2.09. The molecule has 0 saturated heterocycles. The van der Waals surface area contributed by atoms with Crippen LogP contribution in [0.5, 0.6) is 5.75 Å². The second kappa shape index (κ2) is 8.05. The van der Waals surface area contributed by atoms with Gasteiger partial charge in [0, 0.05) is 5.88 Å². The number of ether oxygens (including phenoxy) is 1. The standard InChI is InChI=1S/C12H15Cl3O/c13-8-3-1-2-4-9-16-12-10(14)6-5-7-11(12)15/h5-7H,1-4,8-9H2. The molecule has 1 aromatic carbocycles. The number of hydrogen-bond donors (Lipinski definition) is 0. The predicted molar refractivity (Wildman–Crippen MR) is 71.1 cm³/mol. The Morgan fingerprint density at radius 3 is 2.19 bits per heavy atom. The van der Waals surface area contributed by atoms with Crippen molar-refractivity contribution < 1.29 is 4.74 Å². The maximum atomic E-state index is 5.97. The van der Waals surface area contributed by atoms with Crippen LogP contribution in [-0.4, -0.2) is 12.5 Å². The van der Waals surface area contributed by atoms with Gasteiger partial charge in [-0.15, -0.1) is 11.6 Å². The maximum absolute atomic E-state index is 5.97. The molecule has 90 valence electrons. The molecule has 0 spiro atoms. The Morgan fingerprint density at radius 1 is 0.938 bits per heavy atom. The van der Waals surface area contributed by atoms with Crippen molar-refractivity contribution in [2.45, 2.75) is 25.7 Å². The van der Waals surface area contributed by atoms with Gasteiger partial charge in [-0.2, -0.15) is 0 Å². The van der Waals surface area contributed by atoms with Crippen LogP contribution < -0.4 is 4.74 Å². The smallest absolute Gasteiger partial charge is 0.156 e. The normalized spacial score (nSPS) is 10.4. The summed E-state index contributed by atoms with van der Waals surface area (Å²) in [6.07, 6.45) is 4.32. The summed E-state index contributed by atoms with van der Waals surface area (Å²) < 4.78 is 5.55. The summed E-state index contributed by atoms with van der Waals surface area (Å²) in [6.45, 7) is 0.645. The second-order valence-corrected chi connectivity index (χ2v) is 4.69. The topological polar surface area (TPSA) is 9.23 Å². The molecule has 0 saturated carbocycles. The van der Waals surface area contributed by atoms with E-state index in [1.165, 1.54) is 0 Å². The predicted octanol–water partition coefficient (Wildman–Crippen LogP) is 5.17. The van der Waals surface area contributed by atoms with Crippen molar-refractivity contribution in [1.29, 1.82) is 0 Å². The molecular formula is C12H15Cl3O. The van der Waals surface area contributed by atoms with Gasteiger partial charge < -0.3 is 4.74 Å². The summed E-state index contributed by atoms with van der Waals surface area (Å²) >= 11 is 17.5. The van der Waals surface area contributed by atoms with Gasteiger partial charge in [0.1, 0.15) is 0 Å². The van der Waals surface area contributed by atoms with E-state index in [1.807, 2.05) is 0 Å². The molecule has 0 aliphatic rings. The van der Waals surface area contributed by atoms with Crippen LogP contribution in [0.4, 0.5) is 0 Å². The molecule has 0 radical (unpaired) electrons. The molecule has 4 heteroatoms. The van der Waals surface area contributed by atoms with Crippen LogP contribution in [-0.2, 0) is 0 Å². The molecule has 0 aliphatic carbocycles. The zero-order valence-electron chi connectivity index (χ0n) is 9.02. The first kappa shape index (κ1) is 14.0. The molecule has 0 amide bonds. The van der Waals surface area contributed by atoms with Crippen molar-refractivity contribution in [1.82, 2.24) is 0 Å². The third-order valence-electron chi connectivity index (χ3n) is 2.19. The Kier molecular flexibility index (Phi) is 7.02. The quantitative estimate of drug-likeness (QED) is 0.495. The van der Waals surface area contributed by atoms with E-state index in [-0.39, 0.29) is 0 Å². The van der Waals surface area contributed by atoms with E-state index in [2.05, 4.69) is 0 Å². The summed E-state index contributed by atoms with van der Waals surface area (Å²) in [7, 11) is 0. The Labute approximate surface area is 112 Å². The fraction of sp³-hybridized carbons (Fsp3) is 0.500. The number of hydrogen-bond acceptors (Lipinski definition) is 1. The van der Waals surface area contributed by atoms with Crippen LogP contribution in [0.25, 0.3) is 0 Å². The third kappa shape index (κ3) is 4.82. The highest BCUT2D eigenvalue weighted by molar-refractivity contribution is 6.37. The van der Waals surface area contributed by atoms with Crippen molar-refractivity contribution in [3.05, 3.63) is 28.2 Å². The highest BCUT2D eigenvalue weighted by atomic mass is 35.5. The van der Waals surface area contributed by atoms with Gasteiger partial charge >= 0.3 is 0 Å². The average Bonchev–Trinajstić information content (AvgIpc) is 2.26. The van der Waals surface area contributed by atoms with Gasteiger partial charge in [0.15, 0.2) is 5.75 Å². The molecule has 0 aromatic heterocycles. The fourth-order valence-corrected chi connectivity index (χ4v) is 2.04. The van der Waals surface area contributed by atoms with Crippen molar-refractivity contribution in [3.8, 4) is 5.75 Å². The summed E-state index contributed by atoms with van der Waals surface area (Å²) in [5.41, 5.74) is 0. The van der Waals surface area contributed by atoms with Crippen LogP contribution in [0.15, 0.2) is 18.2 Å². The molecule has 1 rings (SSSR count). The van der Waals surface area contributed by atoms with Gasteiger partial charge in [-0.3, -0.25) is 0 Å². The Morgan fingerprint density at radius 2 is 1.56 bits per heavy atom. The van der Waals surface area contributed by atoms with Crippen molar-refractivity contribution in [2.24, 2.45) is 0 Å². The molecule has 0 bridgehead atoms. The van der Waals surface area contributed by atoms with Crippen molar-refractivity contribution in [2.75, 3.05) is 12.5 Å². The highest BCUT2D eigenvalue weighted by Gasteiger charge is 2.05. The van der Waals surface area contributed by atoms with E-state index < -0.39 is 0 Å². The minimum atomic E-state index is 0.563. The van der Waals surface area contributed by atoms with Gasteiger partial charge in [-0.25, -0.2) is 0 Å². The lowest BCUT2D eigenvalue weighted by atomic mass is 10.2. The number of benzene rings is 1. The SMILES string of the molecule is ClCCCCCCOc1c(Cl)cccc1Cl. The van der Waals surface area contributed by atoms with Crippen molar-refractivity contribution in [3.63, 3.8) is 0 Å². The summed E-state index contributed by atoms with van der Waals surface area (Å²) in [5, 5.41) is 1.13. The second-order valence-electron chi connectivity index (χ2n) is 3.50. The highest BCUT2D eigenvalue weighted by Crippen LogP contribution is 2.32.